The summed E-state index contributed by atoms with van der Waals surface area (Å²) in [7, 11) is 0.382. The molecule has 0 fully saturated rings. The molecule has 0 spiro atoms. The van der Waals surface area contributed by atoms with Crippen LogP contribution in [0.4, 0.5) is 0 Å². The van der Waals surface area contributed by atoms with Gasteiger partial charge < -0.3 is 0 Å². The van der Waals surface area contributed by atoms with Crippen molar-refractivity contribution in [3.05, 3.63) is 30.3 Å². The average Bonchev–Trinajstić information content (AvgIpc) is 2.37. The van der Waals surface area contributed by atoms with E-state index in [1.54, 1.807) is 5.19 Å². The second-order valence-electron chi connectivity index (χ2n) is 5.03. The molecule has 94 valence electrons. The Balaban J connectivity index is 2.71. The summed E-state index contributed by atoms with van der Waals surface area (Å²) in [5, 5.41) is 3.38. The zero-order valence-corrected chi connectivity index (χ0v) is 12.7. The molecule has 0 saturated carbocycles. The first kappa shape index (κ1) is 14.4. The van der Waals surface area contributed by atoms with Gasteiger partial charge in [-0.3, -0.25) is 0 Å². The monoisotopic (exact) mass is 246 g/mol. The summed E-state index contributed by atoms with van der Waals surface area (Å²) in [6.07, 6.45) is 6.69. The van der Waals surface area contributed by atoms with Crippen LogP contribution in [0, 0.1) is 5.92 Å². The average molecular weight is 246 g/mol. The minimum Gasteiger partial charge on any atom is -0.0874 e. The molecule has 0 nitrogen and oxygen atoms in total. The van der Waals surface area contributed by atoms with Crippen LogP contribution in [0.25, 0.3) is 0 Å². The summed E-state index contributed by atoms with van der Waals surface area (Å²) >= 11 is 0. The van der Waals surface area contributed by atoms with Crippen LogP contribution >= 0.6 is 0 Å². The molecule has 1 aromatic rings. The van der Waals surface area contributed by atoms with Gasteiger partial charge in [0, 0.05) is 9.13 Å². The Bertz CT molecular complexity index is 327. The first-order valence-corrected chi connectivity index (χ1v) is 8.16. The molecule has 1 rings (SSSR count). The molecule has 0 heterocycles. The molecule has 0 aromatic heterocycles. The molecule has 0 aliphatic rings. The molecule has 1 unspecified atom stereocenters. The van der Waals surface area contributed by atoms with Crippen molar-refractivity contribution in [3.63, 3.8) is 0 Å². The fraction of sp³-hybridized carbons (Fsp3) is 0.562. The van der Waals surface area contributed by atoms with Crippen molar-refractivity contribution < 1.29 is 0 Å². The highest BCUT2D eigenvalue weighted by Gasteiger charge is 2.04. The summed E-state index contributed by atoms with van der Waals surface area (Å²) in [4.78, 5) is 0. The van der Waals surface area contributed by atoms with E-state index in [4.69, 9.17) is 0 Å². The lowest BCUT2D eigenvalue weighted by molar-refractivity contribution is 0.584. The summed E-state index contributed by atoms with van der Waals surface area (Å²) in [5.41, 5.74) is 0. The van der Waals surface area contributed by atoms with Crippen LogP contribution in [-0.2, 0) is 0 Å². The highest BCUT2D eigenvalue weighted by atomic mass is 28.2. The molecule has 0 saturated heterocycles. The maximum Gasteiger partial charge on any atom is 0.0285 e. The molecule has 0 N–H and O–H groups in total. The highest BCUT2D eigenvalue weighted by molar-refractivity contribution is 6.66. The van der Waals surface area contributed by atoms with Crippen LogP contribution in [0.3, 0.4) is 0 Å². The van der Waals surface area contributed by atoms with Crippen LogP contribution in [0.5, 0.6) is 0 Å². The normalized spacial score (nSPS) is 13.7. The lowest BCUT2D eigenvalue weighted by atomic mass is 10.0. The molecular weight excluding hydrogens is 220 g/mol. The first-order chi connectivity index (χ1) is 8.26. The molecule has 1 heteroatoms. The van der Waals surface area contributed by atoms with Gasteiger partial charge in [-0.15, -0.1) is 0 Å². The molecule has 1 atom stereocenters. The van der Waals surface area contributed by atoms with Gasteiger partial charge in [0.2, 0.25) is 0 Å². The topological polar surface area (TPSA) is 0 Å². The van der Waals surface area contributed by atoms with Crippen LogP contribution < -0.4 is 5.19 Å². The summed E-state index contributed by atoms with van der Waals surface area (Å²) in [6, 6.07) is 11.0. The fourth-order valence-corrected chi connectivity index (χ4v) is 3.77. The number of hydrogen-bond donors (Lipinski definition) is 0. The molecule has 17 heavy (non-hydrogen) atoms. The summed E-state index contributed by atoms with van der Waals surface area (Å²) in [6.45, 7) is 6.98. The van der Waals surface area contributed by atoms with Crippen molar-refractivity contribution in [2.45, 2.75) is 52.9 Å². The maximum absolute atomic E-state index is 2.39. The predicted molar refractivity (Wildman–Crippen MR) is 81.8 cm³/mol. The Morgan fingerprint density at radius 2 is 1.88 bits per heavy atom. The van der Waals surface area contributed by atoms with Gasteiger partial charge >= 0.3 is 0 Å². The standard InChI is InChI=1S/C16H26Si/c1-4-6-10-16(13-14(3)5-2)17-15-11-8-7-9-12-15/h7-9,11-12,14,17H,4-6,10,13H2,1-3H3. The third kappa shape index (κ3) is 5.97. The smallest absolute Gasteiger partial charge is 0.0285 e. The number of hydrogen-bond acceptors (Lipinski definition) is 0. The van der Waals surface area contributed by atoms with Crippen molar-refractivity contribution in [2.75, 3.05) is 0 Å². The number of benzene rings is 1. The first-order valence-electron chi connectivity index (χ1n) is 7.00. The van der Waals surface area contributed by atoms with Crippen molar-refractivity contribution in [1.29, 1.82) is 0 Å². The van der Waals surface area contributed by atoms with Gasteiger partial charge in [-0.25, -0.2) is 0 Å². The van der Waals surface area contributed by atoms with Crippen molar-refractivity contribution in [1.82, 2.24) is 0 Å². The zero-order valence-electron chi connectivity index (χ0n) is 11.6. The van der Waals surface area contributed by atoms with Gasteiger partial charge in [-0.05, 0) is 23.9 Å². The summed E-state index contributed by atoms with van der Waals surface area (Å²) < 4.78 is 0. The lowest BCUT2D eigenvalue weighted by Crippen LogP contribution is -2.18. The minimum absolute atomic E-state index is 0.382. The Hall–Kier alpha value is -0.693. The second-order valence-corrected chi connectivity index (χ2v) is 6.81. The third-order valence-electron chi connectivity index (χ3n) is 3.33. The van der Waals surface area contributed by atoms with Crippen LogP contribution in [-0.4, -0.2) is 14.3 Å². The maximum atomic E-state index is 2.39. The molecule has 1 aromatic carbocycles. The molecule has 0 aliphatic carbocycles. The van der Waals surface area contributed by atoms with E-state index in [2.05, 4.69) is 51.1 Å². The van der Waals surface area contributed by atoms with Gasteiger partial charge in [0.05, 0.1) is 0 Å². The van der Waals surface area contributed by atoms with E-state index < -0.39 is 0 Å². The van der Waals surface area contributed by atoms with E-state index in [-0.39, 0.29) is 0 Å². The number of unbranched alkanes of at least 4 members (excludes halogenated alkanes) is 1. The van der Waals surface area contributed by atoms with Crippen LogP contribution in [0.1, 0.15) is 52.9 Å². The van der Waals surface area contributed by atoms with Crippen molar-refractivity contribution in [2.24, 2.45) is 5.92 Å². The lowest BCUT2D eigenvalue weighted by Gasteiger charge is -2.12. The van der Waals surface area contributed by atoms with E-state index in [1.165, 1.54) is 32.1 Å². The molecular formula is C16H26Si. The van der Waals surface area contributed by atoms with Crippen LogP contribution in [0.2, 0.25) is 0 Å². The van der Waals surface area contributed by atoms with Crippen molar-refractivity contribution >= 4 is 19.5 Å². The Labute approximate surface area is 109 Å². The molecule has 0 bridgehead atoms. The Morgan fingerprint density at radius 1 is 1.18 bits per heavy atom. The molecule has 0 aliphatic heterocycles. The summed E-state index contributed by atoms with van der Waals surface area (Å²) in [5.74, 6) is 0.859. The van der Waals surface area contributed by atoms with E-state index in [1.807, 2.05) is 5.17 Å². The zero-order chi connectivity index (χ0) is 12.5. The fourth-order valence-electron chi connectivity index (χ4n) is 2.01. The SMILES string of the molecule is CCCCC(CC(C)CC)=[SiH]c1ccccc1. The van der Waals surface area contributed by atoms with E-state index in [0.29, 0.717) is 9.13 Å². The van der Waals surface area contributed by atoms with E-state index in [9.17, 15) is 0 Å². The van der Waals surface area contributed by atoms with Gasteiger partial charge in [-0.1, -0.05) is 75.5 Å². The predicted octanol–water partition coefficient (Wildman–Crippen LogP) is 3.55. The largest absolute Gasteiger partial charge is 0.0874 e. The van der Waals surface area contributed by atoms with Crippen molar-refractivity contribution in [3.8, 4) is 0 Å². The van der Waals surface area contributed by atoms with Gasteiger partial charge in [0.25, 0.3) is 0 Å². The molecule has 0 radical (unpaired) electrons. The third-order valence-corrected chi connectivity index (χ3v) is 4.98. The molecule has 0 amide bonds. The quantitative estimate of drug-likeness (QED) is 0.646. The highest BCUT2D eigenvalue weighted by Crippen LogP contribution is 2.10. The minimum atomic E-state index is 0.382. The van der Waals surface area contributed by atoms with E-state index in [0.717, 1.165) is 5.92 Å². The Morgan fingerprint density at radius 3 is 2.47 bits per heavy atom. The van der Waals surface area contributed by atoms with Gasteiger partial charge in [0.15, 0.2) is 0 Å². The van der Waals surface area contributed by atoms with Crippen LogP contribution in [0.15, 0.2) is 30.3 Å². The van der Waals surface area contributed by atoms with E-state index >= 15 is 0 Å². The Kier molecular flexibility index (Phi) is 7.10. The van der Waals surface area contributed by atoms with Gasteiger partial charge in [0.1, 0.15) is 0 Å². The number of rotatable bonds is 7. The second kappa shape index (κ2) is 8.41. The van der Waals surface area contributed by atoms with Gasteiger partial charge in [-0.2, -0.15) is 0 Å².